The minimum atomic E-state index is 0.583. The lowest BCUT2D eigenvalue weighted by Crippen LogP contribution is -1.87. The highest BCUT2D eigenvalue weighted by Gasteiger charge is 2.05. The Morgan fingerprint density at radius 3 is 2.27 bits per heavy atom. The molecule has 1 rings (SSSR count). The molecule has 0 N–H and O–H groups in total. The minimum Gasteiger partial charge on any atom is -0.0827 e. The van der Waals surface area contributed by atoms with E-state index in [-0.39, 0.29) is 0 Å². The van der Waals surface area contributed by atoms with Gasteiger partial charge in [-0.25, -0.2) is 0 Å². The molecule has 1 aromatic carbocycles. The van der Waals surface area contributed by atoms with E-state index in [0.29, 0.717) is 10.0 Å². The molecule has 11 heavy (non-hydrogen) atoms. The Morgan fingerprint density at radius 1 is 1.18 bits per heavy atom. The lowest BCUT2D eigenvalue weighted by atomic mass is 10.1. The molecule has 0 aliphatic rings. The fraction of sp³-hybridized carbons (Fsp3) is 0.222. The highest BCUT2D eigenvalue weighted by molar-refractivity contribution is 6.42. The summed E-state index contributed by atoms with van der Waals surface area (Å²) in [7, 11) is 0. The van der Waals surface area contributed by atoms with Crippen LogP contribution in [0, 0.1) is 20.8 Å². The van der Waals surface area contributed by atoms with Crippen LogP contribution in [0.5, 0.6) is 0 Å². The Kier molecular flexibility index (Phi) is 2.46. The van der Waals surface area contributed by atoms with Gasteiger partial charge in [0.05, 0.1) is 10.0 Å². The molecule has 1 radical (unpaired) electrons. The van der Waals surface area contributed by atoms with Gasteiger partial charge in [-0.05, 0) is 43.5 Å². The van der Waals surface area contributed by atoms with Crippen LogP contribution >= 0.6 is 23.2 Å². The Hall–Kier alpha value is -0.200. The minimum absolute atomic E-state index is 0.583. The summed E-state index contributed by atoms with van der Waals surface area (Å²) in [6.07, 6.45) is 0. The predicted molar refractivity (Wildman–Crippen MR) is 50.4 cm³/mol. The van der Waals surface area contributed by atoms with Gasteiger partial charge in [0.15, 0.2) is 0 Å². The number of benzene rings is 1. The number of rotatable bonds is 0. The molecule has 0 nitrogen and oxygen atoms in total. The van der Waals surface area contributed by atoms with Crippen molar-refractivity contribution in [2.75, 3.05) is 0 Å². The second kappa shape index (κ2) is 3.04. The van der Waals surface area contributed by atoms with Gasteiger partial charge in [-0.1, -0.05) is 23.2 Å². The van der Waals surface area contributed by atoms with Crippen molar-refractivity contribution in [3.05, 3.63) is 39.7 Å². The van der Waals surface area contributed by atoms with Crippen molar-refractivity contribution in [2.45, 2.75) is 13.8 Å². The molecule has 59 valence electrons. The summed E-state index contributed by atoms with van der Waals surface area (Å²) < 4.78 is 0. The van der Waals surface area contributed by atoms with Gasteiger partial charge in [-0.15, -0.1) is 0 Å². The summed E-state index contributed by atoms with van der Waals surface area (Å²) in [5.74, 6) is 0. The van der Waals surface area contributed by atoms with Gasteiger partial charge < -0.3 is 0 Å². The van der Waals surface area contributed by atoms with Crippen LogP contribution in [0.2, 0.25) is 10.0 Å². The molecular formula is C9H9Cl2. The molecule has 0 fully saturated rings. The van der Waals surface area contributed by atoms with Crippen molar-refractivity contribution >= 4 is 23.2 Å². The Morgan fingerprint density at radius 2 is 1.73 bits per heavy atom. The number of hydrogen-bond acceptors (Lipinski definition) is 0. The summed E-state index contributed by atoms with van der Waals surface area (Å²) >= 11 is 11.7. The first-order chi connectivity index (χ1) is 5.04. The molecule has 0 aromatic heterocycles. The largest absolute Gasteiger partial charge is 0.0827 e. The molecule has 0 aliphatic carbocycles. The zero-order chi connectivity index (χ0) is 8.59. The normalized spacial score (nSPS) is 10.3. The summed E-state index contributed by atoms with van der Waals surface area (Å²) in [4.78, 5) is 0. The van der Waals surface area contributed by atoms with Gasteiger partial charge in [-0.3, -0.25) is 0 Å². The van der Waals surface area contributed by atoms with Crippen LogP contribution in [0.15, 0.2) is 6.07 Å². The molecular weight excluding hydrogens is 179 g/mol. The molecule has 0 bridgehead atoms. The lowest BCUT2D eigenvalue weighted by Gasteiger charge is -2.07. The van der Waals surface area contributed by atoms with Crippen molar-refractivity contribution < 1.29 is 0 Å². The van der Waals surface area contributed by atoms with E-state index in [2.05, 4.69) is 6.92 Å². The highest BCUT2D eigenvalue weighted by atomic mass is 35.5. The molecule has 0 amide bonds. The molecule has 0 heterocycles. The van der Waals surface area contributed by atoms with Gasteiger partial charge in [0.25, 0.3) is 0 Å². The van der Waals surface area contributed by atoms with Gasteiger partial charge in [0, 0.05) is 0 Å². The summed E-state index contributed by atoms with van der Waals surface area (Å²) in [5.41, 5.74) is 3.07. The zero-order valence-corrected chi connectivity index (χ0v) is 8.05. The number of halogens is 2. The van der Waals surface area contributed by atoms with Crippen LogP contribution in [0.25, 0.3) is 0 Å². The van der Waals surface area contributed by atoms with E-state index in [4.69, 9.17) is 23.2 Å². The van der Waals surface area contributed by atoms with Gasteiger partial charge in [0.2, 0.25) is 0 Å². The second-order valence-corrected chi connectivity index (χ2v) is 3.37. The van der Waals surface area contributed by atoms with E-state index in [1.165, 1.54) is 0 Å². The quantitative estimate of drug-likeness (QED) is 0.580. The molecule has 0 aliphatic heterocycles. The molecule has 0 spiro atoms. The molecule has 0 saturated carbocycles. The third-order valence-electron chi connectivity index (χ3n) is 1.88. The number of hydrogen-bond donors (Lipinski definition) is 0. The average molecular weight is 188 g/mol. The fourth-order valence-corrected chi connectivity index (χ4v) is 1.38. The summed E-state index contributed by atoms with van der Waals surface area (Å²) in [5, 5.41) is 1.22. The summed E-state index contributed by atoms with van der Waals surface area (Å²) in [6.45, 7) is 7.77. The fourth-order valence-electron chi connectivity index (χ4n) is 0.909. The van der Waals surface area contributed by atoms with Crippen LogP contribution in [-0.2, 0) is 0 Å². The van der Waals surface area contributed by atoms with Crippen LogP contribution < -0.4 is 0 Å². The SMILES string of the molecule is [CH2]c1cc(Cl)c(Cl)c(C)c1C. The molecule has 0 saturated heterocycles. The Balaban J connectivity index is 3.46. The van der Waals surface area contributed by atoms with Crippen LogP contribution in [0.3, 0.4) is 0 Å². The maximum atomic E-state index is 5.90. The summed E-state index contributed by atoms with van der Waals surface area (Å²) in [6, 6.07) is 1.78. The molecule has 1 aromatic rings. The highest BCUT2D eigenvalue weighted by Crippen LogP contribution is 2.29. The topological polar surface area (TPSA) is 0 Å². The molecule has 0 atom stereocenters. The first kappa shape index (κ1) is 8.89. The zero-order valence-electron chi connectivity index (χ0n) is 6.54. The smallest absolute Gasteiger partial charge is 0.0624 e. The van der Waals surface area contributed by atoms with Gasteiger partial charge in [-0.2, -0.15) is 0 Å². The first-order valence-electron chi connectivity index (χ1n) is 3.31. The van der Waals surface area contributed by atoms with Crippen LogP contribution in [-0.4, -0.2) is 0 Å². The maximum absolute atomic E-state index is 5.90. The second-order valence-electron chi connectivity index (χ2n) is 2.58. The third-order valence-corrected chi connectivity index (χ3v) is 2.77. The third kappa shape index (κ3) is 1.52. The van der Waals surface area contributed by atoms with E-state index < -0.39 is 0 Å². The molecule has 0 unspecified atom stereocenters. The van der Waals surface area contributed by atoms with E-state index >= 15 is 0 Å². The first-order valence-corrected chi connectivity index (χ1v) is 4.06. The van der Waals surface area contributed by atoms with Crippen molar-refractivity contribution in [3.63, 3.8) is 0 Å². The van der Waals surface area contributed by atoms with E-state index in [1.807, 2.05) is 13.8 Å². The Bertz CT molecular complexity index is 264. The van der Waals surface area contributed by atoms with Gasteiger partial charge >= 0.3 is 0 Å². The van der Waals surface area contributed by atoms with E-state index in [1.54, 1.807) is 6.07 Å². The van der Waals surface area contributed by atoms with Gasteiger partial charge in [0.1, 0.15) is 0 Å². The molecule has 2 heteroatoms. The standard InChI is InChI=1S/C9H9Cl2/c1-5-4-8(10)9(11)7(3)6(5)2/h4H,1H2,2-3H3. The lowest BCUT2D eigenvalue weighted by molar-refractivity contribution is 1.31. The van der Waals surface area contributed by atoms with Crippen molar-refractivity contribution in [2.24, 2.45) is 0 Å². The van der Waals surface area contributed by atoms with E-state index in [9.17, 15) is 0 Å². The van der Waals surface area contributed by atoms with Crippen LogP contribution in [0.1, 0.15) is 16.7 Å². The van der Waals surface area contributed by atoms with E-state index in [0.717, 1.165) is 16.7 Å². The van der Waals surface area contributed by atoms with Crippen LogP contribution in [0.4, 0.5) is 0 Å². The van der Waals surface area contributed by atoms with Crippen molar-refractivity contribution in [1.82, 2.24) is 0 Å². The monoisotopic (exact) mass is 187 g/mol. The predicted octanol–water partition coefficient (Wildman–Crippen LogP) is 3.79. The maximum Gasteiger partial charge on any atom is 0.0624 e. The average Bonchev–Trinajstić information content (AvgIpc) is 1.97. The Labute approximate surface area is 77.1 Å². The van der Waals surface area contributed by atoms with Crippen molar-refractivity contribution in [1.29, 1.82) is 0 Å². The van der Waals surface area contributed by atoms with Crippen molar-refractivity contribution in [3.8, 4) is 0 Å².